The van der Waals surface area contributed by atoms with E-state index in [-0.39, 0.29) is 27.2 Å². The van der Waals surface area contributed by atoms with Gasteiger partial charge in [-0.15, -0.1) is 0 Å². The summed E-state index contributed by atoms with van der Waals surface area (Å²) in [6.07, 6.45) is 0. The van der Waals surface area contributed by atoms with E-state index in [2.05, 4.69) is 5.32 Å². The van der Waals surface area contributed by atoms with Gasteiger partial charge in [-0.1, -0.05) is 41.4 Å². The van der Waals surface area contributed by atoms with Crippen LogP contribution in [-0.4, -0.2) is 53.0 Å². The highest BCUT2D eigenvalue weighted by Crippen LogP contribution is 2.29. The molecule has 0 aliphatic rings. The number of anilines is 1. The number of benzene rings is 2. The molecule has 0 spiro atoms. The van der Waals surface area contributed by atoms with Crippen LogP contribution in [0.1, 0.15) is 0 Å². The number of carbonyl (C=O) groups excluding carboxylic acids is 1. The summed E-state index contributed by atoms with van der Waals surface area (Å²) in [6, 6.07) is 12.3. The predicted octanol–water partition coefficient (Wildman–Crippen LogP) is 2.87. The normalized spacial score (nSPS) is 11.4. The molecule has 0 radical (unpaired) electrons. The highest BCUT2D eigenvalue weighted by atomic mass is 35.5. The minimum Gasteiger partial charge on any atom is -0.353 e. The first-order valence-electron chi connectivity index (χ1n) is 8.15. The van der Waals surface area contributed by atoms with Crippen molar-refractivity contribution in [2.45, 2.75) is 4.90 Å². The third-order valence-corrected chi connectivity index (χ3v) is 5.86. The number of halogens is 2. The molecule has 6 nitrogen and oxygen atoms in total. The van der Waals surface area contributed by atoms with E-state index >= 15 is 0 Å². The van der Waals surface area contributed by atoms with Gasteiger partial charge in [0.15, 0.2) is 0 Å². The summed E-state index contributed by atoms with van der Waals surface area (Å²) in [5, 5.41) is 3.27. The highest BCUT2D eigenvalue weighted by molar-refractivity contribution is 7.92. The van der Waals surface area contributed by atoms with Crippen LogP contribution in [0.5, 0.6) is 0 Å². The minimum absolute atomic E-state index is 0.0715. The van der Waals surface area contributed by atoms with Crippen LogP contribution in [-0.2, 0) is 14.8 Å². The minimum atomic E-state index is -3.98. The summed E-state index contributed by atoms with van der Waals surface area (Å²) in [4.78, 5) is 14.3. The van der Waals surface area contributed by atoms with Gasteiger partial charge < -0.3 is 10.2 Å². The fraction of sp³-hybridized carbons (Fsp3) is 0.278. The van der Waals surface area contributed by atoms with Gasteiger partial charge in [0.1, 0.15) is 6.54 Å². The molecule has 0 unspecified atom stereocenters. The van der Waals surface area contributed by atoms with Gasteiger partial charge in [-0.25, -0.2) is 8.42 Å². The van der Waals surface area contributed by atoms with Crippen molar-refractivity contribution in [1.29, 1.82) is 0 Å². The maximum atomic E-state index is 13.1. The average Bonchev–Trinajstić information content (AvgIpc) is 2.59. The second-order valence-electron chi connectivity index (χ2n) is 6.11. The third-order valence-electron chi connectivity index (χ3n) is 3.63. The standard InChI is InChI=1S/C18H21Cl2N3O3S/c1-22(2)9-8-21-18(24)13-23(16-11-14(19)10-15(20)12-16)27(25,26)17-6-4-3-5-7-17/h3-7,10-12H,8-9,13H2,1-2H3,(H,21,24). The molecule has 2 aromatic carbocycles. The number of carbonyl (C=O) groups is 1. The Hall–Kier alpha value is -1.80. The van der Waals surface area contributed by atoms with Crippen LogP contribution in [0.15, 0.2) is 53.4 Å². The van der Waals surface area contributed by atoms with Crippen molar-refractivity contribution in [2.75, 3.05) is 38.0 Å². The summed E-state index contributed by atoms with van der Waals surface area (Å²) in [6.45, 7) is 0.656. The zero-order valence-corrected chi connectivity index (χ0v) is 17.4. The van der Waals surface area contributed by atoms with Crippen LogP contribution < -0.4 is 9.62 Å². The molecule has 0 aliphatic carbocycles. The van der Waals surface area contributed by atoms with Crippen molar-refractivity contribution in [2.24, 2.45) is 0 Å². The Morgan fingerprint density at radius 1 is 1.04 bits per heavy atom. The van der Waals surface area contributed by atoms with Crippen molar-refractivity contribution in [3.63, 3.8) is 0 Å². The maximum absolute atomic E-state index is 13.1. The fourth-order valence-electron chi connectivity index (χ4n) is 2.32. The smallest absolute Gasteiger partial charge is 0.264 e. The van der Waals surface area contributed by atoms with Crippen molar-refractivity contribution in [1.82, 2.24) is 10.2 Å². The second kappa shape index (κ2) is 9.41. The fourth-order valence-corrected chi connectivity index (χ4v) is 4.26. The number of amides is 1. The van der Waals surface area contributed by atoms with Gasteiger partial charge in [0.05, 0.1) is 10.6 Å². The van der Waals surface area contributed by atoms with E-state index in [1.165, 1.54) is 30.3 Å². The lowest BCUT2D eigenvalue weighted by Gasteiger charge is -2.24. The number of likely N-dealkylation sites (N-methyl/N-ethyl adjacent to an activating group) is 1. The van der Waals surface area contributed by atoms with E-state index < -0.39 is 15.9 Å². The molecule has 0 atom stereocenters. The first-order valence-corrected chi connectivity index (χ1v) is 10.3. The van der Waals surface area contributed by atoms with Crippen LogP contribution in [0.4, 0.5) is 5.69 Å². The van der Waals surface area contributed by atoms with Gasteiger partial charge in [0.2, 0.25) is 5.91 Å². The van der Waals surface area contributed by atoms with Crippen molar-refractivity contribution in [3.8, 4) is 0 Å². The van der Waals surface area contributed by atoms with E-state index in [9.17, 15) is 13.2 Å². The van der Waals surface area contributed by atoms with Gasteiger partial charge in [0, 0.05) is 23.1 Å². The third kappa shape index (κ3) is 6.10. The number of rotatable bonds is 8. The van der Waals surface area contributed by atoms with Crippen LogP contribution in [0.25, 0.3) is 0 Å². The molecule has 0 aromatic heterocycles. The molecule has 146 valence electrons. The van der Waals surface area contributed by atoms with E-state index in [0.29, 0.717) is 13.1 Å². The molecule has 0 bridgehead atoms. The summed E-state index contributed by atoms with van der Waals surface area (Å²) in [5.41, 5.74) is 0.221. The Morgan fingerprint density at radius 3 is 2.19 bits per heavy atom. The Morgan fingerprint density at radius 2 is 1.63 bits per heavy atom. The predicted molar refractivity (Wildman–Crippen MR) is 109 cm³/mol. The molecule has 9 heteroatoms. The number of nitrogens with one attached hydrogen (secondary N) is 1. The molecular formula is C18H21Cl2N3O3S. The number of hydrogen-bond donors (Lipinski definition) is 1. The number of sulfonamides is 1. The lowest BCUT2D eigenvalue weighted by molar-refractivity contribution is -0.119. The van der Waals surface area contributed by atoms with Crippen molar-refractivity contribution in [3.05, 3.63) is 58.6 Å². The van der Waals surface area contributed by atoms with Crippen LogP contribution in [0, 0.1) is 0 Å². The molecule has 2 aromatic rings. The largest absolute Gasteiger partial charge is 0.353 e. The summed E-state index contributed by atoms with van der Waals surface area (Å²) in [7, 11) is -0.217. The number of hydrogen-bond acceptors (Lipinski definition) is 4. The second-order valence-corrected chi connectivity index (χ2v) is 8.84. The topological polar surface area (TPSA) is 69.7 Å². The lowest BCUT2D eigenvalue weighted by Crippen LogP contribution is -2.42. The van der Waals surface area contributed by atoms with Crippen LogP contribution in [0.2, 0.25) is 10.0 Å². The molecule has 0 saturated heterocycles. The van der Waals surface area contributed by atoms with E-state index in [4.69, 9.17) is 23.2 Å². The Labute approximate surface area is 169 Å². The summed E-state index contributed by atoms with van der Waals surface area (Å²) < 4.78 is 27.3. The molecule has 0 heterocycles. The van der Waals surface area contributed by atoms with E-state index in [1.807, 2.05) is 19.0 Å². The first kappa shape index (κ1) is 21.5. The molecule has 0 aliphatic heterocycles. The molecule has 0 fully saturated rings. The molecule has 27 heavy (non-hydrogen) atoms. The molecule has 1 N–H and O–H groups in total. The van der Waals surface area contributed by atoms with E-state index in [1.54, 1.807) is 18.2 Å². The van der Waals surface area contributed by atoms with Crippen molar-refractivity contribution < 1.29 is 13.2 Å². The zero-order chi connectivity index (χ0) is 20.0. The van der Waals surface area contributed by atoms with Gasteiger partial charge in [-0.3, -0.25) is 9.10 Å². The van der Waals surface area contributed by atoms with E-state index in [0.717, 1.165) is 4.31 Å². The van der Waals surface area contributed by atoms with Gasteiger partial charge >= 0.3 is 0 Å². The Bertz CT molecular complexity index is 870. The SMILES string of the molecule is CN(C)CCNC(=O)CN(c1cc(Cl)cc(Cl)c1)S(=O)(=O)c1ccccc1. The Balaban J connectivity index is 2.36. The van der Waals surface area contributed by atoms with Crippen LogP contribution >= 0.6 is 23.2 Å². The maximum Gasteiger partial charge on any atom is 0.264 e. The number of nitrogens with zero attached hydrogens (tertiary/aromatic N) is 2. The van der Waals surface area contributed by atoms with Crippen molar-refractivity contribution >= 4 is 44.8 Å². The summed E-state index contributed by atoms with van der Waals surface area (Å²) >= 11 is 12.1. The molecule has 1 amide bonds. The summed E-state index contributed by atoms with van der Waals surface area (Å²) in [5.74, 6) is -0.424. The molecular weight excluding hydrogens is 409 g/mol. The Kier molecular flexibility index (Phi) is 7.49. The zero-order valence-electron chi connectivity index (χ0n) is 15.0. The quantitative estimate of drug-likeness (QED) is 0.700. The van der Waals surface area contributed by atoms with Crippen LogP contribution in [0.3, 0.4) is 0 Å². The van der Waals surface area contributed by atoms with Gasteiger partial charge in [-0.2, -0.15) is 0 Å². The monoisotopic (exact) mass is 429 g/mol. The molecule has 0 saturated carbocycles. The van der Waals surface area contributed by atoms with Gasteiger partial charge in [0.25, 0.3) is 10.0 Å². The van der Waals surface area contributed by atoms with Gasteiger partial charge in [-0.05, 0) is 44.4 Å². The molecule has 2 rings (SSSR count). The first-order chi connectivity index (χ1) is 12.7. The lowest BCUT2D eigenvalue weighted by atomic mass is 10.3. The highest BCUT2D eigenvalue weighted by Gasteiger charge is 2.27. The average molecular weight is 430 g/mol.